The van der Waals surface area contributed by atoms with E-state index in [0.29, 0.717) is 0 Å². The Bertz CT molecular complexity index is 644. The van der Waals surface area contributed by atoms with Gasteiger partial charge in [-0.25, -0.2) is 4.39 Å². The van der Waals surface area contributed by atoms with Crippen molar-refractivity contribution in [3.63, 3.8) is 0 Å². The van der Waals surface area contributed by atoms with Crippen molar-refractivity contribution < 1.29 is 4.39 Å². The van der Waals surface area contributed by atoms with E-state index in [1.165, 1.54) is 12.1 Å². The molecular weight excluding hydrogens is 343 g/mol. The Balaban J connectivity index is 2.77. The Kier molecular flexibility index (Phi) is 4.83. The smallest absolute Gasteiger partial charge is 0.131 e. The molecule has 6 heteroatoms. The Morgan fingerprint density at radius 2 is 1.55 bits per heavy atom. The fourth-order valence-corrected chi connectivity index (χ4v) is 2.84. The summed E-state index contributed by atoms with van der Waals surface area (Å²) in [5.41, 5.74) is 7.05. The topological polar surface area (TPSA) is 26.0 Å². The van der Waals surface area contributed by atoms with Crippen LogP contribution in [0.5, 0.6) is 0 Å². The van der Waals surface area contributed by atoms with E-state index < -0.39 is 5.82 Å². The van der Waals surface area contributed by atoms with Crippen molar-refractivity contribution in [3.8, 4) is 11.1 Å². The Morgan fingerprint density at radius 3 is 2.05 bits per heavy atom. The summed E-state index contributed by atoms with van der Waals surface area (Å²) in [7, 11) is 0. The maximum atomic E-state index is 14.1. The second-order valence-corrected chi connectivity index (χ2v) is 5.94. The first-order chi connectivity index (χ1) is 9.32. The highest BCUT2D eigenvalue weighted by Gasteiger charge is 2.19. The first-order valence-electron chi connectivity index (χ1n) is 5.71. The maximum Gasteiger partial charge on any atom is 0.131 e. The third-order valence-corrected chi connectivity index (χ3v) is 4.47. The Labute approximate surface area is 136 Å². The summed E-state index contributed by atoms with van der Waals surface area (Å²) in [6.07, 6.45) is 0. The van der Waals surface area contributed by atoms with Crippen LogP contribution < -0.4 is 5.73 Å². The first-order valence-corrected chi connectivity index (χ1v) is 7.22. The molecule has 0 fully saturated rings. The second kappa shape index (κ2) is 6.08. The van der Waals surface area contributed by atoms with Gasteiger partial charge >= 0.3 is 0 Å². The Morgan fingerprint density at radius 1 is 1.00 bits per heavy atom. The molecule has 2 aromatic rings. The molecule has 2 rings (SSSR count). The van der Waals surface area contributed by atoms with Crippen molar-refractivity contribution >= 4 is 46.4 Å². The van der Waals surface area contributed by atoms with Crippen LogP contribution in [-0.4, -0.2) is 0 Å². The predicted octanol–water partition coefficient (Wildman–Crippen LogP) is 6.13. The largest absolute Gasteiger partial charge is 0.324 e. The molecule has 1 unspecified atom stereocenters. The average Bonchev–Trinajstić information content (AvgIpc) is 2.38. The quantitative estimate of drug-likeness (QED) is 0.646. The van der Waals surface area contributed by atoms with E-state index in [4.69, 9.17) is 52.1 Å². The van der Waals surface area contributed by atoms with Crippen LogP contribution in [0.3, 0.4) is 0 Å². The summed E-state index contributed by atoms with van der Waals surface area (Å²) in [6.45, 7) is 1.80. The minimum atomic E-state index is -0.475. The van der Waals surface area contributed by atoms with Crippen LogP contribution >= 0.6 is 46.4 Å². The van der Waals surface area contributed by atoms with Crippen molar-refractivity contribution in [2.75, 3.05) is 0 Å². The van der Waals surface area contributed by atoms with Crippen molar-refractivity contribution in [3.05, 3.63) is 55.7 Å². The fraction of sp³-hybridized carbons (Fsp3) is 0.143. The summed E-state index contributed by atoms with van der Waals surface area (Å²) < 4.78 is 14.1. The van der Waals surface area contributed by atoms with Gasteiger partial charge in [0.25, 0.3) is 0 Å². The van der Waals surface area contributed by atoms with Gasteiger partial charge in [-0.2, -0.15) is 0 Å². The summed E-state index contributed by atoms with van der Waals surface area (Å²) >= 11 is 24.2. The van der Waals surface area contributed by atoms with Gasteiger partial charge in [-0.3, -0.25) is 0 Å². The lowest BCUT2D eigenvalue weighted by atomic mass is 9.99. The fourth-order valence-electron chi connectivity index (χ4n) is 1.83. The van der Waals surface area contributed by atoms with Gasteiger partial charge in [0.2, 0.25) is 0 Å². The van der Waals surface area contributed by atoms with Gasteiger partial charge in [0.05, 0.1) is 20.1 Å². The van der Waals surface area contributed by atoms with Crippen LogP contribution in [0.15, 0.2) is 24.3 Å². The molecule has 0 aliphatic heterocycles. The number of benzene rings is 2. The van der Waals surface area contributed by atoms with Crippen LogP contribution in [0.25, 0.3) is 11.1 Å². The molecule has 0 saturated heterocycles. The summed E-state index contributed by atoms with van der Waals surface area (Å²) in [4.78, 5) is 0. The first kappa shape index (κ1) is 15.9. The molecule has 2 N–H and O–H groups in total. The molecule has 0 saturated carbocycles. The normalized spacial score (nSPS) is 12.6. The minimum Gasteiger partial charge on any atom is -0.324 e. The molecular formula is C14H10Cl4FN. The van der Waals surface area contributed by atoms with E-state index in [9.17, 15) is 4.39 Å². The molecule has 0 amide bonds. The molecule has 0 aromatic heterocycles. The molecule has 0 aliphatic carbocycles. The molecule has 0 heterocycles. The van der Waals surface area contributed by atoms with Crippen LogP contribution in [0, 0.1) is 5.82 Å². The zero-order valence-corrected chi connectivity index (χ0v) is 13.4. The van der Waals surface area contributed by atoms with Crippen molar-refractivity contribution in [2.24, 2.45) is 5.73 Å². The van der Waals surface area contributed by atoms with E-state index >= 15 is 0 Å². The summed E-state index contributed by atoms with van der Waals surface area (Å²) in [6, 6.07) is 5.69. The third-order valence-electron chi connectivity index (χ3n) is 2.90. The second-order valence-electron chi connectivity index (χ2n) is 4.37. The van der Waals surface area contributed by atoms with Gasteiger partial charge in [0.15, 0.2) is 0 Å². The molecule has 0 aliphatic rings. The molecule has 0 spiro atoms. The molecule has 106 valence electrons. The van der Waals surface area contributed by atoms with E-state index in [-0.39, 0.29) is 37.3 Å². The monoisotopic (exact) mass is 351 g/mol. The molecule has 0 radical (unpaired) electrons. The Hall–Kier alpha value is -0.510. The highest BCUT2D eigenvalue weighted by Crippen LogP contribution is 2.44. The standard InChI is InChI=1S/C14H10Cl4FN/c1-6(20)7-2-3-11(19)8(4-7)12-13(17)9(15)5-10(16)14(12)18/h2-6H,20H2,1H3. The van der Waals surface area contributed by atoms with Crippen LogP contribution in [0.1, 0.15) is 18.5 Å². The van der Waals surface area contributed by atoms with Crippen LogP contribution in [-0.2, 0) is 0 Å². The lowest BCUT2D eigenvalue weighted by molar-refractivity contribution is 0.629. The van der Waals surface area contributed by atoms with Gasteiger partial charge in [-0.1, -0.05) is 52.5 Å². The SMILES string of the molecule is CC(N)c1ccc(F)c(-c2c(Cl)c(Cl)cc(Cl)c2Cl)c1. The van der Waals surface area contributed by atoms with Crippen molar-refractivity contribution in [1.29, 1.82) is 0 Å². The van der Waals surface area contributed by atoms with Gasteiger partial charge < -0.3 is 5.73 Å². The molecule has 1 nitrogen and oxygen atoms in total. The van der Waals surface area contributed by atoms with E-state index in [0.717, 1.165) is 5.56 Å². The zero-order chi connectivity index (χ0) is 15.0. The average molecular weight is 353 g/mol. The van der Waals surface area contributed by atoms with Crippen LogP contribution in [0.4, 0.5) is 4.39 Å². The van der Waals surface area contributed by atoms with Gasteiger partial charge in [-0.05, 0) is 30.7 Å². The minimum absolute atomic E-state index is 0.154. The van der Waals surface area contributed by atoms with Crippen LogP contribution in [0.2, 0.25) is 20.1 Å². The molecule has 2 aromatic carbocycles. The number of nitrogens with two attached hydrogens (primary N) is 1. The van der Waals surface area contributed by atoms with E-state index in [1.807, 2.05) is 0 Å². The third kappa shape index (κ3) is 2.90. The number of rotatable bonds is 2. The summed E-state index contributed by atoms with van der Waals surface area (Å²) in [5, 5.41) is 0.729. The maximum absolute atomic E-state index is 14.1. The zero-order valence-electron chi connectivity index (χ0n) is 10.4. The van der Waals surface area contributed by atoms with Crippen molar-refractivity contribution in [2.45, 2.75) is 13.0 Å². The number of halogens is 5. The van der Waals surface area contributed by atoms with Crippen molar-refractivity contribution in [1.82, 2.24) is 0 Å². The number of hydrogen-bond donors (Lipinski definition) is 1. The summed E-state index contributed by atoms with van der Waals surface area (Å²) in [5.74, 6) is -0.475. The lowest BCUT2D eigenvalue weighted by Crippen LogP contribution is -2.05. The van der Waals surface area contributed by atoms with E-state index in [1.54, 1.807) is 19.1 Å². The molecule has 1 atom stereocenters. The lowest BCUT2D eigenvalue weighted by Gasteiger charge is -2.14. The van der Waals surface area contributed by atoms with Gasteiger partial charge in [0, 0.05) is 17.2 Å². The van der Waals surface area contributed by atoms with Gasteiger partial charge in [-0.15, -0.1) is 0 Å². The molecule has 20 heavy (non-hydrogen) atoms. The molecule has 0 bridgehead atoms. The predicted molar refractivity (Wildman–Crippen MR) is 84.5 cm³/mol. The highest BCUT2D eigenvalue weighted by atomic mass is 35.5. The number of hydrogen-bond acceptors (Lipinski definition) is 1. The van der Waals surface area contributed by atoms with E-state index in [2.05, 4.69) is 0 Å². The highest BCUT2D eigenvalue weighted by molar-refractivity contribution is 6.50. The van der Waals surface area contributed by atoms with Gasteiger partial charge in [0.1, 0.15) is 5.82 Å².